The highest BCUT2D eigenvalue weighted by Gasteiger charge is 2.06. The SMILES string of the molecule is CCOc1ccc(OCCSc2nnc(Nc3ccc(C)c(C)c3)s2)cc1. The van der Waals surface area contributed by atoms with Crippen molar-refractivity contribution >= 4 is 33.9 Å². The number of thioether (sulfide) groups is 1. The second-order valence-electron chi connectivity index (χ2n) is 5.90. The van der Waals surface area contributed by atoms with Crippen molar-refractivity contribution in [1.82, 2.24) is 10.2 Å². The van der Waals surface area contributed by atoms with Gasteiger partial charge in [0.2, 0.25) is 5.13 Å². The predicted octanol–water partition coefficient (Wildman–Crippen LogP) is 5.47. The summed E-state index contributed by atoms with van der Waals surface area (Å²) >= 11 is 3.19. The van der Waals surface area contributed by atoms with Crippen molar-refractivity contribution in [3.8, 4) is 11.5 Å². The molecule has 3 rings (SSSR count). The average molecular weight is 402 g/mol. The molecule has 0 aliphatic heterocycles. The summed E-state index contributed by atoms with van der Waals surface area (Å²) < 4.78 is 12.1. The van der Waals surface area contributed by atoms with Gasteiger partial charge in [-0.05, 0) is 68.3 Å². The second kappa shape index (κ2) is 9.62. The van der Waals surface area contributed by atoms with Gasteiger partial charge in [-0.1, -0.05) is 29.2 Å². The molecule has 0 saturated heterocycles. The van der Waals surface area contributed by atoms with Gasteiger partial charge >= 0.3 is 0 Å². The number of nitrogens with one attached hydrogen (secondary N) is 1. The highest BCUT2D eigenvalue weighted by Crippen LogP contribution is 2.28. The molecule has 7 heteroatoms. The van der Waals surface area contributed by atoms with Crippen molar-refractivity contribution < 1.29 is 9.47 Å². The van der Waals surface area contributed by atoms with Crippen LogP contribution < -0.4 is 14.8 Å². The summed E-state index contributed by atoms with van der Waals surface area (Å²) in [5, 5.41) is 12.5. The summed E-state index contributed by atoms with van der Waals surface area (Å²) in [6.07, 6.45) is 0. The molecule has 0 radical (unpaired) electrons. The quantitative estimate of drug-likeness (QED) is 0.379. The standard InChI is InChI=1S/C20H23N3O2S2/c1-4-24-17-7-9-18(10-8-17)25-11-12-26-20-23-22-19(27-20)21-16-6-5-14(2)15(3)13-16/h5-10,13H,4,11-12H2,1-3H3,(H,21,22). The van der Waals surface area contributed by atoms with Crippen molar-refractivity contribution in [3.63, 3.8) is 0 Å². The number of anilines is 2. The Labute approximate surface area is 168 Å². The summed E-state index contributed by atoms with van der Waals surface area (Å²) in [6, 6.07) is 14.0. The molecule has 0 amide bonds. The van der Waals surface area contributed by atoms with Gasteiger partial charge in [-0.25, -0.2) is 0 Å². The molecule has 0 aliphatic carbocycles. The normalized spacial score (nSPS) is 10.6. The van der Waals surface area contributed by atoms with E-state index in [0.717, 1.165) is 32.4 Å². The monoisotopic (exact) mass is 401 g/mol. The van der Waals surface area contributed by atoms with E-state index in [1.165, 1.54) is 11.1 Å². The van der Waals surface area contributed by atoms with Crippen LogP contribution in [-0.4, -0.2) is 29.2 Å². The van der Waals surface area contributed by atoms with E-state index in [0.29, 0.717) is 13.2 Å². The fourth-order valence-corrected chi connectivity index (χ4v) is 4.01. The van der Waals surface area contributed by atoms with Gasteiger partial charge in [0.25, 0.3) is 0 Å². The maximum atomic E-state index is 5.75. The molecule has 142 valence electrons. The zero-order valence-corrected chi connectivity index (χ0v) is 17.3. The van der Waals surface area contributed by atoms with Crippen LogP contribution in [0.1, 0.15) is 18.1 Å². The molecule has 27 heavy (non-hydrogen) atoms. The van der Waals surface area contributed by atoms with Gasteiger partial charge in [-0.2, -0.15) is 0 Å². The lowest BCUT2D eigenvalue weighted by Gasteiger charge is -2.07. The average Bonchev–Trinajstić information content (AvgIpc) is 3.11. The Morgan fingerprint density at radius 1 is 0.963 bits per heavy atom. The summed E-state index contributed by atoms with van der Waals surface area (Å²) in [5.41, 5.74) is 3.57. The molecular weight excluding hydrogens is 378 g/mol. The van der Waals surface area contributed by atoms with Crippen LogP contribution in [0.25, 0.3) is 0 Å². The topological polar surface area (TPSA) is 56.3 Å². The molecule has 1 aromatic heterocycles. The van der Waals surface area contributed by atoms with E-state index < -0.39 is 0 Å². The van der Waals surface area contributed by atoms with Gasteiger partial charge in [-0.15, -0.1) is 10.2 Å². The number of ether oxygens (including phenoxy) is 2. The largest absolute Gasteiger partial charge is 0.494 e. The maximum absolute atomic E-state index is 5.75. The minimum atomic E-state index is 0.609. The molecule has 5 nitrogen and oxygen atoms in total. The Hall–Kier alpha value is -2.25. The number of rotatable bonds is 9. The van der Waals surface area contributed by atoms with E-state index in [1.807, 2.05) is 31.2 Å². The highest BCUT2D eigenvalue weighted by molar-refractivity contribution is 8.01. The van der Waals surface area contributed by atoms with Crippen molar-refractivity contribution in [2.45, 2.75) is 25.1 Å². The van der Waals surface area contributed by atoms with Crippen LogP contribution in [0.3, 0.4) is 0 Å². The molecule has 0 spiro atoms. The molecular formula is C20H23N3O2S2. The summed E-state index contributed by atoms with van der Waals surface area (Å²) in [4.78, 5) is 0. The molecule has 0 saturated carbocycles. The first-order valence-corrected chi connectivity index (χ1v) is 10.6. The summed E-state index contributed by atoms with van der Waals surface area (Å²) in [5.74, 6) is 2.51. The van der Waals surface area contributed by atoms with Crippen LogP contribution in [-0.2, 0) is 0 Å². The summed E-state index contributed by atoms with van der Waals surface area (Å²) in [7, 11) is 0. The Kier molecular flexibility index (Phi) is 6.95. The van der Waals surface area contributed by atoms with Gasteiger partial charge in [0, 0.05) is 11.4 Å². The smallest absolute Gasteiger partial charge is 0.210 e. The lowest BCUT2D eigenvalue weighted by molar-refractivity contribution is 0.332. The van der Waals surface area contributed by atoms with Gasteiger partial charge in [-0.3, -0.25) is 0 Å². The predicted molar refractivity (Wildman–Crippen MR) is 113 cm³/mol. The first-order chi connectivity index (χ1) is 13.1. The minimum Gasteiger partial charge on any atom is -0.494 e. The molecule has 3 aromatic rings. The lowest BCUT2D eigenvalue weighted by Crippen LogP contribution is -2.00. The minimum absolute atomic E-state index is 0.609. The molecule has 1 N–H and O–H groups in total. The molecule has 1 heterocycles. The summed E-state index contributed by atoms with van der Waals surface area (Å²) in [6.45, 7) is 7.45. The van der Waals surface area contributed by atoms with Crippen molar-refractivity contribution in [2.24, 2.45) is 0 Å². The third-order valence-corrected chi connectivity index (χ3v) is 5.81. The molecule has 0 unspecified atom stereocenters. The Morgan fingerprint density at radius 3 is 2.41 bits per heavy atom. The Morgan fingerprint density at radius 2 is 1.70 bits per heavy atom. The Bertz CT molecular complexity index is 866. The first kappa shape index (κ1) is 19.5. The van der Waals surface area contributed by atoms with Gasteiger partial charge < -0.3 is 14.8 Å². The van der Waals surface area contributed by atoms with E-state index in [4.69, 9.17) is 9.47 Å². The Balaban J connectivity index is 1.43. The van der Waals surface area contributed by atoms with Gasteiger partial charge in [0.1, 0.15) is 11.5 Å². The third kappa shape index (κ3) is 5.87. The molecule has 0 atom stereocenters. The van der Waals surface area contributed by atoms with Crippen molar-refractivity contribution in [1.29, 1.82) is 0 Å². The van der Waals surface area contributed by atoms with Gasteiger partial charge in [0.15, 0.2) is 4.34 Å². The van der Waals surface area contributed by atoms with E-state index in [1.54, 1.807) is 23.1 Å². The van der Waals surface area contributed by atoms with Crippen LogP contribution in [0.5, 0.6) is 11.5 Å². The van der Waals surface area contributed by atoms with E-state index in [-0.39, 0.29) is 0 Å². The van der Waals surface area contributed by atoms with Crippen LogP contribution >= 0.6 is 23.1 Å². The molecule has 2 aromatic carbocycles. The number of hydrogen-bond donors (Lipinski definition) is 1. The number of aryl methyl sites for hydroxylation is 2. The van der Waals surface area contributed by atoms with E-state index >= 15 is 0 Å². The molecule has 0 bridgehead atoms. The fourth-order valence-electron chi connectivity index (χ4n) is 2.35. The number of benzene rings is 2. The second-order valence-corrected chi connectivity index (χ2v) is 8.22. The number of nitrogens with zero attached hydrogens (tertiary/aromatic N) is 2. The van der Waals surface area contributed by atoms with E-state index in [9.17, 15) is 0 Å². The number of hydrogen-bond acceptors (Lipinski definition) is 7. The van der Waals surface area contributed by atoms with Crippen LogP contribution in [0.15, 0.2) is 46.8 Å². The van der Waals surface area contributed by atoms with Gasteiger partial charge in [0.05, 0.1) is 13.2 Å². The van der Waals surface area contributed by atoms with Crippen molar-refractivity contribution in [3.05, 3.63) is 53.6 Å². The highest BCUT2D eigenvalue weighted by atomic mass is 32.2. The third-order valence-electron chi connectivity index (χ3n) is 3.88. The first-order valence-electron chi connectivity index (χ1n) is 8.80. The fraction of sp³-hybridized carbons (Fsp3) is 0.300. The molecule has 0 aliphatic rings. The molecule has 0 fully saturated rings. The zero-order valence-electron chi connectivity index (χ0n) is 15.7. The van der Waals surface area contributed by atoms with Crippen molar-refractivity contribution in [2.75, 3.05) is 24.3 Å². The van der Waals surface area contributed by atoms with Crippen LogP contribution in [0.4, 0.5) is 10.8 Å². The maximum Gasteiger partial charge on any atom is 0.210 e. The van der Waals surface area contributed by atoms with Crippen LogP contribution in [0, 0.1) is 13.8 Å². The zero-order chi connectivity index (χ0) is 19.1. The van der Waals surface area contributed by atoms with Crippen LogP contribution in [0.2, 0.25) is 0 Å². The number of aromatic nitrogens is 2. The lowest BCUT2D eigenvalue weighted by atomic mass is 10.1. The van der Waals surface area contributed by atoms with E-state index in [2.05, 4.69) is 47.6 Å².